The highest BCUT2D eigenvalue weighted by molar-refractivity contribution is 7.17. The van der Waals surface area contributed by atoms with Crippen LogP contribution in [0.4, 0.5) is 0 Å². The van der Waals surface area contributed by atoms with Gasteiger partial charge in [-0.3, -0.25) is 0 Å². The van der Waals surface area contributed by atoms with Crippen LogP contribution in [0, 0.1) is 6.42 Å². The highest BCUT2D eigenvalue weighted by atomic mass is 32.1. The van der Waals surface area contributed by atoms with E-state index in [1.165, 1.54) is 37.6 Å². The Hall–Kier alpha value is -2.12. The maximum Gasteiger partial charge on any atom is 0.0427 e. The maximum atomic E-state index is 2.35. The summed E-state index contributed by atoms with van der Waals surface area (Å²) in [5.74, 6) is 0. The molecule has 2 aliphatic rings. The molecule has 1 aromatic heterocycles. The maximum absolute atomic E-state index is 2.35. The molecule has 0 saturated carbocycles. The first-order valence-electron chi connectivity index (χ1n) is 7.60. The van der Waals surface area contributed by atoms with Crippen LogP contribution in [0.25, 0.3) is 22.1 Å². The third-order valence-electron chi connectivity index (χ3n) is 4.08. The van der Waals surface area contributed by atoms with Crippen molar-refractivity contribution in [1.82, 2.24) is 0 Å². The molecule has 0 fully saturated rings. The van der Waals surface area contributed by atoms with Gasteiger partial charge < -0.3 is 0 Å². The van der Waals surface area contributed by atoms with Crippen molar-refractivity contribution < 1.29 is 0 Å². The van der Waals surface area contributed by atoms with Gasteiger partial charge in [0.15, 0.2) is 0 Å². The monoisotopic (exact) mass is 301 g/mol. The van der Waals surface area contributed by atoms with Gasteiger partial charge in [0.25, 0.3) is 0 Å². The lowest BCUT2D eigenvalue weighted by Crippen LogP contribution is -1.92. The van der Waals surface area contributed by atoms with Crippen LogP contribution in [0.1, 0.15) is 22.9 Å². The second-order valence-corrected chi connectivity index (χ2v) is 6.79. The predicted octanol–water partition coefficient (Wildman–Crippen LogP) is 6.09. The molecule has 0 unspecified atom stereocenters. The van der Waals surface area contributed by atoms with Crippen molar-refractivity contribution in [3.63, 3.8) is 0 Å². The largest absolute Gasteiger partial charge is 0.135 e. The Bertz CT molecular complexity index is 826. The first-order valence-corrected chi connectivity index (χ1v) is 8.41. The lowest BCUT2D eigenvalue weighted by molar-refractivity contribution is 1.20. The fourth-order valence-electron chi connectivity index (χ4n) is 3.10. The van der Waals surface area contributed by atoms with Crippen molar-refractivity contribution in [1.29, 1.82) is 0 Å². The summed E-state index contributed by atoms with van der Waals surface area (Å²) in [6.07, 6.45) is 16.3. The van der Waals surface area contributed by atoms with Gasteiger partial charge in [0.05, 0.1) is 0 Å². The minimum Gasteiger partial charge on any atom is -0.135 e. The van der Waals surface area contributed by atoms with E-state index in [4.69, 9.17) is 0 Å². The van der Waals surface area contributed by atoms with E-state index in [1.54, 1.807) is 0 Å². The second-order valence-electron chi connectivity index (χ2n) is 5.74. The fraction of sp³-hybridized carbons (Fsp3) is 0.0952. The molecule has 0 N–H and O–H groups in total. The van der Waals surface area contributed by atoms with Gasteiger partial charge in [0, 0.05) is 21.7 Å². The normalized spacial score (nSPS) is 16.2. The number of hydrogen-bond donors (Lipinski definition) is 0. The molecule has 1 radical (unpaired) electrons. The summed E-state index contributed by atoms with van der Waals surface area (Å²) in [5, 5.41) is 0. The predicted molar refractivity (Wildman–Crippen MR) is 97.7 cm³/mol. The molecular formula is C21H17S. The Kier molecular flexibility index (Phi) is 3.44. The quantitative estimate of drug-likeness (QED) is 0.630. The van der Waals surface area contributed by atoms with Gasteiger partial charge in [-0.25, -0.2) is 0 Å². The third-order valence-corrected chi connectivity index (χ3v) is 5.31. The van der Waals surface area contributed by atoms with Gasteiger partial charge in [-0.15, -0.1) is 11.3 Å². The molecule has 0 aliphatic heterocycles. The fourth-order valence-corrected chi connectivity index (χ4v) is 4.47. The molecule has 0 spiro atoms. The van der Waals surface area contributed by atoms with Crippen LogP contribution in [0.2, 0.25) is 0 Å². The molecule has 1 heteroatoms. The highest BCUT2D eigenvalue weighted by Crippen LogP contribution is 2.45. The first-order chi connectivity index (χ1) is 10.8. The van der Waals surface area contributed by atoms with Crippen LogP contribution in [0.3, 0.4) is 0 Å². The van der Waals surface area contributed by atoms with Gasteiger partial charge in [-0.1, -0.05) is 66.3 Å². The zero-order valence-electron chi connectivity index (χ0n) is 12.5. The van der Waals surface area contributed by atoms with E-state index in [1.807, 2.05) is 11.3 Å². The molecule has 0 nitrogen and oxygen atoms in total. The molecule has 1 aromatic carbocycles. The van der Waals surface area contributed by atoms with Gasteiger partial charge in [0.1, 0.15) is 0 Å². The Morgan fingerprint density at radius 2 is 1.77 bits per heavy atom. The summed E-state index contributed by atoms with van der Waals surface area (Å²) in [6.45, 7) is 2.23. The lowest BCUT2D eigenvalue weighted by atomic mass is 9.94. The Morgan fingerprint density at radius 1 is 0.955 bits per heavy atom. The molecule has 2 aliphatic carbocycles. The van der Waals surface area contributed by atoms with E-state index in [-0.39, 0.29) is 0 Å². The van der Waals surface area contributed by atoms with Gasteiger partial charge in [-0.05, 0) is 36.1 Å². The van der Waals surface area contributed by atoms with E-state index >= 15 is 0 Å². The summed E-state index contributed by atoms with van der Waals surface area (Å²) < 4.78 is 0. The molecule has 1 heterocycles. The van der Waals surface area contributed by atoms with Gasteiger partial charge >= 0.3 is 0 Å². The number of allylic oxidation sites excluding steroid dienone is 7. The highest BCUT2D eigenvalue weighted by Gasteiger charge is 2.24. The van der Waals surface area contributed by atoms with E-state index < -0.39 is 0 Å². The van der Waals surface area contributed by atoms with E-state index in [9.17, 15) is 0 Å². The minimum atomic E-state index is 1.08. The Balaban J connectivity index is 1.92. The average molecular weight is 301 g/mol. The number of hydrogen-bond acceptors (Lipinski definition) is 1. The summed E-state index contributed by atoms with van der Waals surface area (Å²) in [6, 6.07) is 10.7. The smallest absolute Gasteiger partial charge is 0.0427 e. The summed E-state index contributed by atoms with van der Waals surface area (Å²) >= 11 is 1.92. The summed E-state index contributed by atoms with van der Waals surface area (Å²) in [5.41, 5.74) is 6.99. The van der Waals surface area contributed by atoms with Crippen LogP contribution < -0.4 is 0 Å². The van der Waals surface area contributed by atoms with Crippen LogP contribution in [-0.2, 0) is 6.42 Å². The molecule has 22 heavy (non-hydrogen) atoms. The standard InChI is InChI=1S/C21H17S/c1-15-13-18-19(14-15)22-21(17-11-7-4-8-12-17)20(18)16-9-5-2-3-6-10-16/h2-12,14H,13H2,1H3. The first kappa shape index (κ1) is 13.5. The van der Waals surface area contributed by atoms with Crippen LogP contribution in [0.5, 0.6) is 0 Å². The molecular weight excluding hydrogens is 284 g/mol. The Morgan fingerprint density at radius 3 is 2.64 bits per heavy atom. The number of thiophene rings is 1. The lowest BCUT2D eigenvalue weighted by Gasteiger charge is -2.10. The van der Waals surface area contributed by atoms with Crippen molar-refractivity contribution in [2.45, 2.75) is 13.3 Å². The topological polar surface area (TPSA) is 0 Å². The minimum absolute atomic E-state index is 1.08. The average Bonchev–Trinajstić information content (AvgIpc) is 2.92. The SMILES string of the molecule is CC1=Cc2sc(-c3ccccc3)c(C3=CC=CC=C[CH]3)c2C1. The Labute approximate surface area is 135 Å². The molecule has 0 saturated heterocycles. The molecule has 107 valence electrons. The van der Waals surface area contributed by atoms with Crippen molar-refractivity contribution in [2.75, 3.05) is 0 Å². The zero-order chi connectivity index (χ0) is 14.9. The summed E-state index contributed by atoms with van der Waals surface area (Å²) in [4.78, 5) is 2.82. The van der Waals surface area contributed by atoms with Gasteiger partial charge in [-0.2, -0.15) is 0 Å². The van der Waals surface area contributed by atoms with Crippen molar-refractivity contribution in [2.24, 2.45) is 0 Å². The number of benzene rings is 1. The third kappa shape index (κ3) is 2.32. The van der Waals surface area contributed by atoms with E-state index in [0.29, 0.717) is 0 Å². The molecule has 0 atom stereocenters. The van der Waals surface area contributed by atoms with Crippen molar-refractivity contribution in [3.05, 3.63) is 88.7 Å². The summed E-state index contributed by atoms with van der Waals surface area (Å²) in [7, 11) is 0. The second kappa shape index (κ2) is 5.58. The van der Waals surface area contributed by atoms with Crippen molar-refractivity contribution in [3.8, 4) is 10.4 Å². The van der Waals surface area contributed by atoms with E-state index in [2.05, 4.69) is 80.1 Å². The van der Waals surface area contributed by atoms with Gasteiger partial charge in [0.2, 0.25) is 0 Å². The molecule has 0 amide bonds. The number of rotatable bonds is 2. The van der Waals surface area contributed by atoms with Crippen LogP contribution in [0.15, 0.2) is 66.3 Å². The number of fused-ring (bicyclic) bond motifs is 1. The van der Waals surface area contributed by atoms with E-state index in [0.717, 1.165) is 6.42 Å². The van der Waals surface area contributed by atoms with Crippen LogP contribution >= 0.6 is 11.3 Å². The molecule has 4 rings (SSSR count). The molecule has 0 bridgehead atoms. The molecule has 2 aromatic rings. The zero-order valence-corrected chi connectivity index (χ0v) is 13.4. The van der Waals surface area contributed by atoms with Crippen LogP contribution in [-0.4, -0.2) is 0 Å². The van der Waals surface area contributed by atoms with Crippen molar-refractivity contribution >= 4 is 23.0 Å².